The van der Waals surface area contributed by atoms with Gasteiger partial charge in [0.25, 0.3) is 0 Å². The van der Waals surface area contributed by atoms with Crippen LogP contribution in [-0.2, 0) is 32.1 Å². The molecule has 38 heavy (non-hydrogen) atoms. The largest absolute Gasteiger partial charge is 0.469 e. The van der Waals surface area contributed by atoms with Crippen LogP contribution in [0.15, 0.2) is 48.7 Å². The normalized spacial score (nSPS) is 22.4. The predicted molar refractivity (Wildman–Crippen MR) is 144 cm³/mol. The fraction of sp³-hybridized carbons (Fsp3) is 0.500. The molecule has 1 unspecified atom stereocenters. The van der Waals surface area contributed by atoms with E-state index in [1.807, 2.05) is 18.2 Å². The number of nitrogens with one attached hydrogen (secondary N) is 1. The molecule has 2 aliphatic heterocycles. The summed E-state index contributed by atoms with van der Waals surface area (Å²) in [5, 5.41) is 3.40. The van der Waals surface area contributed by atoms with Gasteiger partial charge >= 0.3 is 5.97 Å². The summed E-state index contributed by atoms with van der Waals surface area (Å²) in [6.45, 7) is 1.27. The molecule has 4 rings (SSSR count). The van der Waals surface area contributed by atoms with Crippen LogP contribution in [0.1, 0.15) is 43.4 Å². The van der Waals surface area contributed by atoms with E-state index in [4.69, 9.17) is 22.1 Å². The van der Waals surface area contributed by atoms with E-state index >= 15 is 0 Å². The molecule has 2 aliphatic rings. The molecule has 2 aromatic rings. The summed E-state index contributed by atoms with van der Waals surface area (Å²) in [6, 6.07) is 12.6. The Kier molecular flexibility index (Phi) is 9.71. The molecule has 9 nitrogen and oxygen atoms in total. The molecule has 3 heterocycles. The highest BCUT2D eigenvalue weighted by Crippen LogP contribution is 2.30. The molecule has 0 spiro atoms. The number of nitrogens with two attached hydrogens (primary N) is 1. The van der Waals surface area contributed by atoms with Gasteiger partial charge in [-0.15, -0.1) is 0 Å². The molecule has 2 saturated heterocycles. The number of hydrogen-bond acceptors (Lipinski definition) is 7. The molecule has 3 N–H and O–H groups in total. The highest BCUT2D eigenvalue weighted by Gasteiger charge is 2.45. The Labute approximate surface area is 228 Å². The molecule has 4 atom stereocenters. The van der Waals surface area contributed by atoms with Gasteiger partial charge in [0.2, 0.25) is 11.8 Å². The number of halogens is 1. The number of rotatable bonds is 10. The average molecular weight is 542 g/mol. The maximum atomic E-state index is 13.9. The molecule has 0 saturated carbocycles. The Morgan fingerprint density at radius 1 is 1.24 bits per heavy atom. The van der Waals surface area contributed by atoms with Crippen molar-refractivity contribution < 1.29 is 19.1 Å². The third kappa shape index (κ3) is 7.09. The smallest absolute Gasteiger partial charge is 0.305 e. The monoisotopic (exact) mass is 541 g/mol. The van der Waals surface area contributed by atoms with Crippen molar-refractivity contribution in [2.45, 2.75) is 69.2 Å². The fourth-order valence-corrected chi connectivity index (χ4v) is 5.60. The minimum atomic E-state index is -0.805. The van der Waals surface area contributed by atoms with Gasteiger partial charge in [-0.2, -0.15) is 0 Å². The Hall–Kier alpha value is -3.01. The second-order valence-corrected chi connectivity index (χ2v) is 10.5. The Balaban J connectivity index is 1.51. The number of benzene rings is 1. The zero-order valence-electron chi connectivity index (χ0n) is 21.7. The van der Waals surface area contributed by atoms with Crippen molar-refractivity contribution in [3.8, 4) is 0 Å². The summed E-state index contributed by atoms with van der Waals surface area (Å²) in [7, 11) is 1.32. The molecule has 204 valence electrons. The van der Waals surface area contributed by atoms with E-state index in [0.29, 0.717) is 30.2 Å². The van der Waals surface area contributed by atoms with E-state index in [1.165, 1.54) is 18.9 Å². The van der Waals surface area contributed by atoms with Crippen molar-refractivity contribution in [3.63, 3.8) is 0 Å². The minimum absolute atomic E-state index is 0.0306. The van der Waals surface area contributed by atoms with Gasteiger partial charge in [0.15, 0.2) is 0 Å². The van der Waals surface area contributed by atoms with Crippen LogP contribution in [0.25, 0.3) is 0 Å². The lowest BCUT2D eigenvalue weighted by Crippen LogP contribution is -2.53. The van der Waals surface area contributed by atoms with Crippen molar-refractivity contribution in [1.29, 1.82) is 0 Å². The molecular formula is C28H36ClN5O4. The van der Waals surface area contributed by atoms with Crippen LogP contribution in [0.5, 0.6) is 0 Å². The van der Waals surface area contributed by atoms with Crippen molar-refractivity contribution in [1.82, 2.24) is 20.1 Å². The summed E-state index contributed by atoms with van der Waals surface area (Å²) in [5.74, 6) is -0.847. The molecule has 1 aromatic carbocycles. The van der Waals surface area contributed by atoms with Crippen molar-refractivity contribution in [3.05, 3.63) is 64.9 Å². The lowest BCUT2D eigenvalue weighted by Gasteiger charge is -2.32. The standard InChI is InChI=1S/C28H36ClN5O4/c1-38-26(35)12-11-24(27(36)32-17-22-9-8-20(29)16-31-22)33-14-13-23(10-7-19-5-3-2-4-6-19)34-18-21(30)15-25(34)28(33)37/h2-6,8-9,16,21,23-25H,7,10-15,17-18,30H2,1H3,(H,32,36)/t21-,23?,24-,25+/m1/s1. The highest BCUT2D eigenvalue weighted by molar-refractivity contribution is 6.30. The Morgan fingerprint density at radius 3 is 2.74 bits per heavy atom. The van der Waals surface area contributed by atoms with Crippen LogP contribution in [0, 0.1) is 0 Å². The first-order valence-electron chi connectivity index (χ1n) is 13.2. The van der Waals surface area contributed by atoms with Gasteiger partial charge in [-0.3, -0.25) is 24.3 Å². The summed E-state index contributed by atoms with van der Waals surface area (Å²) >= 11 is 5.92. The average Bonchev–Trinajstić information content (AvgIpc) is 3.27. The second-order valence-electron chi connectivity index (χ2n) is 10.0. The van der Waals surface area contributed by atoms with Gasteiger partial charge in [0.1, 0.15) is 6.04 Å². The van der Waals surface area contributed by atoms with Crippen LogP contribution in [0.3, 0.4) is 0 Å². The third-order valence-corrected chi connectivity index (χ3v) is 7.71. The van der Waals surface area contributed by atoms with E-state index < -0.39 is 12.0 Å². The first-order chi connectivity index (χ1) is 18.4. The van der Waals surface area contributed by atoms with E-state index in [9.17, 15) is 14.4 Å². The first-order valence-corrected chi connectivity index (χ1v) is 13.5. The summed E-state index contributed by atoms with van der Waals surface area (Å²) in [6.07, 6.45) is 4.80. The summed E-state index contributed by atoms with van der Waals surface area (Å²) in [5.41, 5.74) is 8.23. The Morgan fingerprint density at radius 2 is 2.03 bits per heavy atom. The van der Waals surface area contributed by atoms with E-state index in [1.54, 1.807) is 17.0 Å². The van der Waals surface area contributed by atoms with Crippen LogP contribution in [0.2, 0.25) is 5.02 Å². The SMILES string of the molecule is COC(=O)CC[C@H](C(=O)NCc1ccc(Cl)cn1)N1CCC(CCc2ccccc2)N2C[C@H](N)C[C@H]2C1=O. The lowest BCUT2D eigenvalue weighted by atomic mass is 10.0. The molecule has 1 aromatic heterocycles. The molecule has 10 heteroatoms. The lowest BCUT2D eigenvalue weighted by molar-refractivity contribution is -0.145. The summed E-state index contributed by atoms with van der Waals surface area (Å²) in [4.78, 5) is 47.4. The number of esters is 1. The number of aromatic nitrogens is 1. The van der Waals surface area contributed by atoms with Crippen molar-refractivity contribution in [2.75, 3.05) is 20.2 Å². The number of nitrogens with zero attached hydrogens (tertiary/aromatic N) is 3. The molecule has 0 bridgehead atoms. The molecule has 2 amide bonds. The van der Waals surface area contributed by atoms with Crippen molar-refractivity contribution in [2.24, 2.45) is 5.73 Å². The van der Waals surface area contributed by atoms with Gasteiger partial charge in [0, 0.05) is 37.8 Å². The number of fused-ring (bicyclic) bond motifs is 1. The number of ether oxygens (including phenoxy) is 1. The van der Waals surface area contributed by atoms with Crippen LogP contribution >= 0.6 is 11.6 Å². The van der Waals surface area contributed by atoms with Crippen molar-refractivity contribution >= 4 is 29.4 Å². The van der Waals surface area contributed by atoms with Gasteiger partial charge in [-0.05, 0) is 49.8 Å². The molecule has 2 fully saturated rings. The summed E-state index contributed by atoms with van der Waals surface area (Å²) < 4.78 is 4.81. The van der Waals surface area contributed by atoms with Crippen LogP contribution in [-0.4, -0.2) is 76.9 Å². The number of amides is 2. The van der Waals surface area contributed by atoms with Crippen LogP contribution in [0.4, 0.5) is 0 Å². The Bertz CT molecular complexity index is 1100. The predicted octanol–water partition coefficient (Wildman–Crippen LogP) is 2.31. The molecular weight excluding hydrogens is 506 g/mol. The van der Waals surface area contributed by atoms with Gasteiger partial charge < -0.3 is 20.7 Å². The van der Waals surface area contributed by atoms with E-state index in [0.717, 1.165) is 19.3 Å². The highest BCUT2D eigenvalue weighted by atomic mass is 35.5. The number of pyridine rings is 1. The number of carbonyl (C=O) groups is 3. The van der Waals surface area contributed by atoms with Gasteiger partial charge in [0.05, 0.1) is 30.4 Å². The first kappa shape index (κ1) is 28.0. The van der Waals surface area contributed by atoms with E-state index in [2.05, 4.69) is 27.3 Å². The second kappa shape index (κ2) is 13.2. The van der Waals surface area contributed by atoms with E-state index in [-0.39, 0.29) is 49.3 Å². The zero-order chi connectivity index (χ0) is 27.1. The maximum absolute atomic E-state index is 13.9. The fourth-order valence-electron chi connectivity index (χ4n) is 5.49. The topological polar surface area (TPSA) is 118 Å². The number of carbonyl (C=O) groups excluding carboxylic acids is 3. The number of hydrogen-bond donors (Lipinski definition) is 2. The van der Waals surface area contributed by atoms with Gasteiger partial charge in [-0.1, -0.05) is 41.9 Å². The van der Waals surface area contributed by atoms with Gasteiger partial charge in [-0.25, -0.2) is 0 Å². The van der Waals surface area contributed by atoms with Crippen LogP contribution < -0.4 is 11.1 Å². The minimum Gasteiger partial charge on any atom is -0.469 e. The molecule has 0 aliphatic carbocycles. The third-order valence-electron chi connectivity index (χ3n) is 7.48. The molecule has 0 radical (unpaired) electrons. The maximum Gasteiger partial charge on any atom is 0.305 e. The number of methoxy groups -OCH3 is 1. The quantitative estimate of drug-likeness (QED) is 0.443. The zero-order valence-corrected chi connectivity index (χ0v) is 22.5. The number of aryl methyl sites for hydroxylation is 1.